The summed E-state index contributed by atoms with van der Waals surface area (Å²) in [7, 11) is 3.73. The molecule has 0 unspecified atom stereocenters. The molecule has 1 saturated heterocycles. The standard InChI is InChI=1S/C26H33FN4O2/c1-18-19(2)31(13-14-33-4)25-23(18)15-21(26(32)30-11-9-28-10-12-30)16-24(25)29(3)17-20-5-7-22(27)8-6-20/h5-8,15-16,28H,9-14,17H2,1-4H3. The summed E-state index contributed by atoms with van der Waals surface area (Å²) in [4.78, 5) is 17.5. The monoisotopic (exact) mass is 452 g/mol. The Kier molecular flexibility index (Phi) is 7.00. The van der Waals surface area contributed by atoms with Crippen LogP contribution < -0.4 is 10.2 Å². The van der Waals surface area contributed by atoms with Crippen molar-refractivity contribution in [2.45, 2.75) is 26.9 Å². The third kappa shape index (κ3) is 4.75. The first kappa shape index (κ1) is 23.3. The zero-order valence-corrected chi connectivity index (χ0v) is 19.9. The summed E-state index contributed by atoms with van der Waals surface area (Å²) in [6.07, 6.45) is 0. The predicted molar refractivity (Wildman–Crippen MR) is 131 cm³/mol. The number of anilines is 1. The van der Waals surface area contributed by atoms with Gasteiger partial charge in [0.2, 0.25) is 0 Å². The Morgan fingerprint density at radius 1 is 1.15 bits per heavy atom. The quantitative estimate of drug-likeness (QED) is 0.594. The van der Waals surface area contributed by atoms with Crippen molar-refractivity contribution in [3.8, 4) is 0 Å². The number of ether oxygens (including phenoxy) is 1. The maximum atomic E-state index is 13.4. The van der Waals surface area contributed by atoms with Crippen molar-refractivity contribution in [1.29, 1.82) is 0 Å². The number of hydrogen-bond donors (Lipinski definition) is 1. The topological polar surface area (TPSA) is 49.7 Å². The highest BCUT2D eigenvalue weighted by molar-refractivity contribution is 6.04. The molecule has 1 aliphatic heterocycles. The first-order valence-corrected chi connectivity index (χ1v) is 11.5. The molecule has 0 spiro atoms. The van der Waals surface area contributed by atoms with E-state index in [0.717, 1.165) is 41.8 Å². The molecule has 1 aliphatic rings. The van der Waals surface area contributed by atoms with Gasteiger partial charge in [0.05, 0.1) is 17.8 Å². The van der Waals surface area contributed by atoms with Gasteiger partial charge in [-0.15, -0.1) is 0 Å². The Bertz CT molecular complexity index is 1130. The number of nitrogens with zero attached hydrogens (tertiary/aromatic N) is 3. The number of carbonyl (C=O) groups is 1. The van der Waals surface area contributed by atoms with Crippen LogP contribution >= 0.6 is 0 Å². The summed E-state index contributed by atoms with van der Waals surface area (Å²) < 4.78 is 21.1. The Labute approximate surface area is 194 Å². The molecule has 1 fully saturated rings. The zero-order valence-electron chi connectivity index (χ0n) is 19.9. The number of rotatable bonds is 7. The molecule has 6 nitrogen and oxygen atoms in total. The number of hydrogen-bond acceptors (Lipinski definition) is 4. The molecule has 0 atom stereocenters. The lowest BCUT2D eigenvalue weighted by Gasteiger charge is -2.28. The van der Waals surface area contributed by atoms with E-state index in [1.165, 1.54) is 23.4 Å². The van der Waals surface area contributed by atoms with Crippen molar-refractivity contribution < 1.29 is 13.9 Å². The van der Waals surface area contributed by atoms with E-state index in [9.17, 15) is 9.18 Å². The SMILES string of the molecule is COCCn1c(C)c(C)c2cc(C(=O)N3CCNCC3)cc(N(C)Cc3ccc(F)cc3)c21. The maximum absolute atomic E-state index is 13.4. The smallest absolute Gasteiger partial charge is 0.254 e. The molecule has 0 saturated carbocycles. The molecule has 0 aliphatic carbocycles. The highest BCUT2D eigenvalue weighted by Crippen LogP contribution is 2.35. The molecule has 0 radical (unpaired) electrons. The van der Waals surface area contributed by atoms with E-state index < -0.39 is 0 Å². The van der Waals surface area contributed by atoms with Gasteiger partial charge in [-0.3, -0.25) is 4.79 Å². The van der Waals surface area contributed by atoms with E-state index in [1.807, 2.05) is 24.1 Å². The Balaban J connectivity index is 1.81. The van der Waals surface area contributed by atoms with Gasteiger partial charge >= 0.3 is 0 Å². The third-order valence-corrected chi connectivity index (χ3v) is 6.63. The number of halogens is 1. The van der Waals surface area contributed by atoms with Gasteiger partial charge in [-0.25, -0.2) is 4.39 Å². The van der Waals surface area contributed by atoms with Crippen molar-refractivity contribution >= 4 is 22.5 Å². The van der Waals surface area contributed by atoms with Gasteiger partial charge in [0.25, 0.3) is 5.91 Å². The van der Waals surface area contributed by atoms with E-state index >= 15 is 0 Å². The average molecular weight is 453 g/mol. The van der Waals surface area contributed by atoms with Crippen molar-refractivity contribution in [3.05, 3.63) is 64.6 Å². The van der Waals surface area contributed by atoms with Crippen LogP contribution in [0.1, 0.15) is 27.2 Å². The number of nitrogens with one attached hydrogen (secondary N) is 1. The molecule has 0 bridgehead atoms. The van der Waals surface area contributed by atoms with Crippen molar-refractivity contribution in [1.82, 2.24) is 14.8 Å². The van der Waals surface area contributed by atoms with Gasteiger partial charge in [0.15, 0.2) is 0 Å². The third-order valence-electron chi connectivity index (χ3n) is 6.63. The van der Waals surface area contributed by atoms with Gasteiger partial charge < -0.3 is 24.4 Å². The number of aryl methyl sites for hydroxylation is 1. The summed E-state index contributed by atoms with van der Waals surface area (Å²) in [6, 6.07) is 10.6. The molecule has 33 heavy (non-hydrogen) atoms. The summed E-state index contributed by atoms with van der Waals surface area (Å²) in [6.45, 7) is 9.23. The molecule has 1 aromatic heterocycles. The van der Waals surface area contributed by atoms with E-state index in [-0.39, 0.29) is 11.7 Å². The lowest BCUT2D eigenvalue weighted by molar-refractivity contribution is 0.0736. The van der Waals surface area contributed by atoms with Crippen LogP contribution in [-0.2, 0) is 17.8 Å². The fourth-order valence-electron chi connectivity index (χ4n) is 4.63. The number of amides is 1. The lowest BCUT2D eigenvalue weighted by Crippen LogP contribution is -2.46. The second kappa shape index (κ2) is 9.93. The van der Waals surface area contributed by atoms with E-state index in [0.29, 0.717) is 31.8 Å². The molecule has 176 valence electrons. The van der Waals surface area contributed by atoms with Crippen molar-refractivity contribution in [2.24, 2.45) is 0 Å². The Hall–Kier alpha value is -2.90. The number of methoxy groups -OCH3 is 1. The average Bonchev–Trinajstić information content (AvgIpc) is 3.08. The second-order valence-corrected chi connectivity index (χ2v) is 8.77. The molecule has 1 N–H and O–H groups in total. The van der Waals surface area contributed by atoms with E-state index in [1.54, 1.807) is 19.2 Å². The van der Waals surface area contributed by atoms with Gasteiger partial charge in [0.1, 0.15) is 5.82 Å². The number of carbonyl (C=O) groups excluding carboxylic acids is 1. The van der Waals surface area contributed by atoms with Crippen LogP contribution in [0.4, 0.5) is 10.1 Å². The number of fused-ring (bicyclic) bond motifs is 1. The van der Waals surface area contributed by atoms with E-state index in [2.05, 4.69) is 28.6 Å². The second-order valence-electron chi connectivity index (χ2n) is 8.77. The summed E-state index contributed by atoms with van der Waals surface area (Å²) in [5, 5.41) is 4.40. The largest absolute Gasteiger partial charge is 0.383 e. The number of benzene rings is 2. The zero-order chi connectivity index (χ0) is 23.5. The number of piperazine rings is 1. The Morgan fingerprint density at radius 3 is 2.52 bits per heavy atom. The molecule has 1 amide bonds. The van der Waals surface area contributed by atoms with Gasteiger partial charge in [-0.1, -0.05) is 12.1 Å². The first-order chi connectivity index (χ1) is 15.9. The maximum Gasteiger partial charge on any atom is 0.254 e. The minimum atomic E-state index is -0.243. The highest BCUT2D eigenvalue weighted by atomic mass is 19.1. The Morgan fingerprint density at radius 2 is 1.85 bits per heavy atom. The van der Waals surface area contributed by atoms with E-state index in [4.69, 9.17) is 4.74 Å². The van der Waals surface area contributed by atoms with Gasteiger partial charge in [0, 0.05) is 70.1 Å². The lowest BCUT2D eigenvalue weighted by atomic mass is 10.0. The van der Waals surface area contributed by atoms with Gasteiger partial charge in [-0.05, 0) is 49.2 Å². The normalized spacial score (nSPS) is 14.2. The van der Waals surface area contributed by atoms with Gasteiger partial charge in [-0.2, -0.15) is 0 Å². The first-order valence-electron chi connectivity index (χ1n) is 11.5. The van der Waals surface area contributed by atoms with Crippen LogP contribution in [-0.4, -0.2) is 62.3 Å². The molecular weight excluding hydrogens is 419 g/mol. The van der Waals surface area contributed by atoms with Crippen LogP contribution in [0.25, 0.3) is 10.9 Å². The van der Waals surface area contributed by atoms with Crippen LogP contribution in [0, 0.1) is 19.7 Å². The molecule has 2 heterocycles. The summed E-state index contributed by atoms with van der Waals surface area (Å²) >= 11 is 0. The fourth-order valence-corrected chi connectivity index (χ4v) is 4.63. The van der Waals surface area contributed by atoms with Crippen molar-refractivity contribution in [3.63, 3.8) is 0 Å². The summed E-state index contributed by atoms with van der Waals surface area (Å²) in [5.41, 5.74) is 6.15. The highest BCUT2D eigenvalue weighted by Gasteiger charge is 2.23. The van der Waals surface area contributed by atoms with Crippen molar-refractivity contribution in [2.75, 3.05) is 51.8 Å². The van der Waals surface area contributed by atoms with Crippen LogP contribution in [0.2, 0.25) is 0 Å². The molecule has 4 rings (SSSR count). The molecule has 7 heteroatoms. The molecule has 2 aromatic carbocycles. The minimum Gasteiger partial charge on any atom is -0.383 e. The minimum absolute atomic E-state index is 0.0662. The molecule has 3 aromatic rings. The fraction of sp³-hybridized carbons (Fsp3) is 0.423. The van der Waals surface area contributed by atoms with Crippen LogP contribution in [0.5, 0.6) is 0 Å². The van der Waals surface area contributed by atoms with Crippen LogP contribution in [0.15, 0.2) is 36.4 Å². The predicted octanol–water partition coefficient (Wildman–Crippen LogP) is 3.73. The molecular formula is C26H33FN4O2. The summed E-state index contributed by atoms with van der Waals surface area (Å²) in [5.74, 6) is -0.177. The number of aromatic nitrogens is 1. The van der Waals surface area contributed by atoms with Crippen LogP contribution in [0.3, 0.4) is 0 Å².